The molecule has 0 bridgehead atoms. The molecule has 1 heterocycles. The average molecular weight is 126 g/mol. The van der Waals surface area contributed by atoms with Crippen molar-refractivity contribution in [2.24, 2.45) is 5.29 Å². The Bertz CT molecular complexity index is 133. The minimum absolute atomic E-state index is 0.285. The second-order valence-corrected chi connectivity index (χ2v) is 2.27. The zero-order chi connectivity index (χ0) is 6.69. The topological polar surface area (TPSA) is 32.7 Å². The van der Waals surface area contributed by atoms with Crippen LogP contribution in [0.2, 0.25) is 0 Å². The van der Waals surface area contributed by atoms with E-state index in [4.69, 9.17) is 0 Å². The van der Waals surface area contributed by atoms with Crippen molar-refractivity contribution < 1.29 is 0 Å². The lowest BCUT2D eigenvalue weighted by Gasteiger charge is -2.21. The van der Waals surface area contributed by atoms with Crippen molar-refractivity contribution >= 4 is 0 Å². The van der Waals surface area contributed by atoms with Crippen molar-refractivity contribution in [3.05, 3.63) is 17.2 Å². The van der Waals surface area contributed by atoms with Gasteiger partial charge in [0.25, 0.3) is 0 Å². The van der Waals surface area contributed by atoms with Gasteiger partial charge in [-0.2, -0.15) is 0 Å². The molecule has 50 valence electrons. The molecule has 1 unspecified atom stereocenters. The molecule has 3 heteroatoms. The summed E-state index contributed by atoms with van der Waals surface area (Å²) in [5.41, 5.74) is 0. The highest BCUT2D eigenvalue weighted by Crippen LogP contribution is 2.13. The molecule has 0 aromatic heterocycles. The first-order valence-corrected chi connectivity index (χ1v) is 3.13. The SMILES string of the molecule is CC1CCC=CN1N=O. The summed E-state index contributed by atoms with van der Waals surface area (Å²) in [5.74, 6) is 0. The maximum atomic E-state index is 10.00. The molecule has 0 saturated carbocycles. The summed E-state index contributed by atoms with van der Waals surface area (Å²) in [5, 5.41) is 4.27. The fourth-order valence-electron chi connectivity index (χ4n) is 0.907. The summed E-state index contributed by atoms with van der Waals surface area (Å²) >= 11 is 0. The lowest BCUT2D eigenvalue weighted by atomic mass is 10.1. The average Bonchev–Trinajstić information content (AvgIpc) is 1.89. The minimum atomic E-state index is 0.285. The summed E-state index contributed by atoms with van der Waals surface area (Å²) in [6.07, 6.45) is 5.79. The Morgan fingerprint density at radius 1 is 1.78 bits per heavy atom. The number of rotatable bonds is 1. The second-order valence-electron chi connectivity index (χ2n) is 2.27. The van der Waals surface area contributed by atoms with E-state index in [1.807, 2.05) is 13.0 Å². The highest BCUT2D eigenvalue weighted by molar-refractivity contribution is 4.89. The van der Waals surface area contributed by atoms with Gasteiger partial charge in [-0.15, -0.1) is 4.91 Å². The predicted molar refractivity (Wildman–Crippen MR) is 35.5 cm³/mol. The molecule has 0 aliphatic carbocycles. The molecule has 0 amide bonds. The number of nitrogens with zero attached hydrogens (tertiary/aromatic N) is 2. The molecular formula is C6H10N2O. The van der Waals surface area contributed by atoms with Gasteiger partial charge in [0.1, 0.15) is 0 Å². The van der Waals surface area contributed by atoms with Gasteiger partial charge in [-0.05, 0) is 19.8 Å². The Labute approximate surface area is 54.3 Å². The fraction of sp³-hybridized carbons (Fsp3) is 0.667. The normalized spacial score (nSPS) is 26.3. The van der Waals surface area contributed by atoms with Gasteiger partial charge < -0.3 is 0 Å². The zero-order valence-electron chi connectivity index (χ0n) is 5.45. The molecule has 0 spiro atoms. The van der Waals surface area contributed by atoms with E-state index >= 15 is 0 Å². The molecule has 0 radical (unpaired) electrons. The summed E-state index contributed by atoms with van der Waals surface area (Å²) in [6.45, 7) is 1.99. The predicted octanol–water partition coefficient (Wildman–Crippen LogP) is 1.67. The van der Waals surface area contributed by atoms with Gasteiger partial charge in [0, 0.05) is 6.20 Å². The van der Waals surface area contributed by atoms with E-state index in [2.05, 4.69) is 5.29 Å². The summed E-state index contributed by atoms with van der Waals surface area (Å²) in [4.78, 5) is 10.00. The zero-order valence-corrected chi connectivity index (χ0v) is 5.45. The van der Waals surface area contributed by atoms with E-state index < -0.39 is 0 Å². The van der Waals surface area contributed by atoms with Crippen LogP contribution >= 0.6 is 0 Å². The summed E-state index contributed by atoms with van der Waals surface area (Å²) in [7, 11) is 0. The molecule has 0 saturated heterocycles. The Morgan fingerprint density at radius 3 is 3.00 bits per heavy atom. The summed E-state index contributed by atoms with van der Waals surface area (Å²) in [6, 6.07) is 0.285. The molecule has 1 atom stereocenters. The molecule has 1 rings (SSSR count). The van der Waals surface area contributed by atoms with Crippen LogP contribution in [-0.4, -0.2) is 11.1 Å². The molecular weight excluding hydrogens is 116 g/mol. The smallest absolute Gasteiger partial charge is 0.0570 e. The Morgan fingerprint density at radius 2 is 2.56 bits per heavy atom. The van der Waals surface area contributed by atoms with Gasteiger partial charge in [-0.25, -0.2) is 5.01 Å². The lowest BCUT2D eigenvalue weighted by molar-refractivity contribution is 0.276. The highest BCUT2D eigenvalue weighted by Gasteiger charge is 2.11. The first-order chi connectivity index (χ1) is 4.34. The molecule has 1 aliphatic heterocycles. The van der Waals surface area contributed by atoms with Crippen molar-refractivity contribution in [2.75, 3.05) is 0 Å². The van der Waals surface area contributed by atoms with E-state index in [9.17, 15) is 4.91 Å². The molecule has 0 N–H and O–H groups in total. The van der Waals surface area contributed by atoms with Crippen molar-refractivity contribution in [1.82, 2.24) is 5.01 Å². The van der Waals surface area contributed by atoms with Crippen LogP contribution in [0.5, 0.6) is 0 Å². The van der Waals surface area contributed by atoms with Gasteiger partial charge in [-0.3, -0.25) is 0 Å². The van der Waals surface area contributed by atoms with E-state index in [1.165, 1.54) is 5.01 Å². The van der Waals surface area contributed by atoms with Gasteiger partial charge in [-0.1, -0.05) is 6.08 Å². The Kier molecular flexibility index (Phi) is 1.82. The quantitative estimate of drug-likeness (QED) is 0.500. The number of hydrogen-bond donors (Lipinski definition) is 0. The van der Waals surface area contributed by atoms with Gasteiger partial charge in [0.15, 0.2) is 0 Å². The van der Waals surface area contributed by atoms with Crippen LogP contribution in [0.1, 0.15) is 19.8 Å². The minimum Gasteiger partial charge on any atom is -0.234 e. The first-order valence-electron chi connectivity index (χ1n) is 3.13. The van der Waals surface area contributed by atoms with E-state index in [1.54, 1.807) is 6.20 Å². The van der Waals surface area contributed by atoms with Gasteiger partial charge >= 0.3 is 0 Å². The van der Waals surface area contributed by atoms with Crippen LogP contribution in [-0.2, 0) is 0 Å². The van der Waals surface area contributed by atoms with Crippen LogP contribution in [0.25, 0.3) is 0 Å². The summed E-state index contributed by atoms with van der Waals surface area (Å²) < 4.78 is 0. The van der Waals surface area contributed by atoms with Crippen LogP contribution in [0.3, 0.4) is 0 Å². The van der Waals surface area contributed by atoms with E-state index in [-0.39, 0.29) is 6.04 Å². The van der Waals surface area contributed by atoms with Crippen LogP contribution < -0.4 is 0 Å². The van der Waals surface area contributed by atoms with Crippen molar-refractivity contribution in [1.29, 1.82) is 0 Å². The maximum absolute atomic E-state index is 10.00. The van der Waals surface area contributed by atoms with Crippen molar-refractivity contribution in [3.63, 3.8) is 0 Å². The monoisotopic (exact) mass is 126 g/mol. The number of hydrogen-bond acceptors (Lipinski definition) is 2. The van der Waals surface area contributed by atoms with Crippen LogP contribution in [0.15, 0.2) is 17.6 Å². The van der Waals surface area contributed by atoms with Crippen molar-refractivity contribution in [3.8, 4) is 0 Å². The second kappa shape index (κ2) is 2.62. The molecule has 0 aromatic rings. The maximum Gasteiger partial charge on any atom is 0.0570 e. The van der Waals surface area contributed by atoms with E-state index in [0.717, 1.165) is 12.8 Å². The van der Waals surface area contributed by atoms with Crippen molar-refractivity contribution in [2.45, 2.75) is 25.8 Å². The third-order valence-corrected chi connectivity index (χ3v) is 1.56. The van der Waals surface area contributed by atoms with Crippen LogP contribution in [0, 0.1) is 4.91 Å². The van der Waals surface area contributed by atoms with Gasteiger partial charge in [0.2, 0.25) is 0 Å². The fourth-order valence-corrected chi connectivity index (χ4v) is 0.907. The van der Waals surface area contributed by atoms with Gasteiger partial charge in [0.05, 0.1) is 11.3 Å². The molecule has 9 heavy (non-hydrogen) atoms. The highest BCUT2D eigenvalue weighted by atomic mass is 16.3. The Balaban J connectivity index is 2.56. The number of nitroso groups, excluding NO2 is 1. The number of allylic oxidation sites excluding steroid dienone is 1. The molecule has 0 aromatic carbocycles. The Hall–Kier alpha value is -0.860. The molecule has 3 nitrogen and oxygen atoms in total. The molecule has 1 aliphatic rings. The largest absolute Gasteiger partial charge is 0.234 e. The van der Waals surface area contributed by atoms with E-state index in [0.29, 0.717) is 0 Å². The first kappa shape index (κ1) is 6.26. The standard InChI is InChI=1S/C6H10N2O/c1-6-4-2-3-5-8(6)7-9/h3,5-6H,2,4H2,1H3. The third-order valence-electron chi connectivity index (χ3n) is 1.56. The molecule has 0 fully saturated rings. The van der Waals surface area contributed by atoms with Crippen LogP contribution in [0.4, 0.5) is 0 Å². The lowest BCUT2D eigenvalue weighted by Crippen LogP contribution is -2.24. The third kappa shape index (κ3) is 1.28.